The van der Waals surface area contributed by atoms with E-state index in [0.717, 1.165) is 6.54 Å². The summed E-state index contributed by atoms with van der Waals surface area (Å²) in [5.41, 5.74) is 9.71. The molecule has 1 aromatic rings. The second-order valence-electron chi connectivity index (χ2n) is 3.92. The Bertz CT molecular complexity index is 318. The highest BCUT2D eigenvalue weighted by atomic mass is 14.9. The van der Waals surface area contributed by atoms with E-state index in [0.29, 0.717) is 5.92 Å². The van der Waals surface area contributed by atoms with Crippen LogP contribution < -0.4 is 11.1 Å². The minimum absolute atomic E-state index is 0.128. The van der Waals surface area contributed by atoms with Crippen molar-refractivity contribution in [3.05, 3.63) is 29.3 Å². The number of benzene rings is 1. The predicted molar refractivity (Wildman–Crippen MR) is 55.9 cm³/mol. The molecule has 1 aliphatic rings. The van der Waals surface area contributed by atoms with Gasteiger partial charge < -0.3 is 11.1 Å². The van der Waals surface area contributed by atoms with Crippen LogP contribution in [0.1, 0.15) is 36.9 Å². The molecule has 3 N–H and O–H groups in total. The first-order valence-electron chi connectivity index (χ1n) is 4.82. The molecule has 0 aromatic heterocycles. The van der Waals surface area contributed by atoms with E-state index in [9.17, 15) is 0 Å². The minimum atomic E-state index is 0.128. The summed E-state index contributed by atoms with van der Waals surface area (Å²) in [6.45, 7) is 5.31. The third-order valence-electron chi connectivity index (χ3n) is 2.73. The van der Waals surface area contributed by atoms with Gasteiger partial charge in [0.1, 0.15) is 0 Å². The first-order chi connectivity index (χ1) is 6.18. The highest BCUT2D eigenvalue weighted by Crippen LogP contribution is 2.32. The molecule has 2 atom stereocenters. The average molecular weight is 176 g/mol. The van der Waals surface area contributed by atoms with E-state index in [1.807, 2.05) is 6.92 Å². The summed E-state index contributed by atoms with van der Waals surface area (Å²) in [5.74, 6) is 0.636. The highest BCUT2D eigenvalue weighted by molar-refractivity contribution is 5.59. The van der Waals surface area contributed by atoms with Crippen molar-refractivity contribution >= 4 is 5.69 Å². The van der Waals surface area contributed by atoms with Crippen molar-refractivity contribution in [2.45, 2.75) is 25.8 Å². The first-order valence-corrected chi connectivity index (χ1v) is 4.82. The molecular weight excluding hydrogens is 160 g/mol. The summed E-state index contributed by atoms with van der Waals surface area (Å²) in [4.78, 5) is 0. The fraction of sp³-hybridized carbons (Fsp3) is 0.455. The number of anilines is 1. The number of hydrogen-bond acceptors (Lipinski definition) is 2. The fourth-order valence-corrected chi connectivity index (χ4v) is 1.81. The molecule has 1 aliphatic heterocycles. The van der Waals surface area contributed by atoms with Gasteiger partial charge in [-0.2, -0.15) is 0 Å². The summed E-state index contributed by atoms with van der Waals surface area (Å²) in [7, 11) is 0. The molecule has 0 aliphatic carbocycles. The molecule has 0 bridgehead atoms. The maximum absolute atomic E-state index is 5.81. The van der Waals surface area contributed by atoms with Crippen molar-refractivity contribution in [3.8, 4) is 0 Å². The van der Waals surface area contributed by atoms with Gasteiger partial charge in [0.05, 0.1) is 0 Å². The highest BCUT2D eigenvalue weighted by Gasteiger charge is 2.18. The topological polar surface area (TPSA) is 38.0 Å². The normalized spacial score (nSPS) is 22.2. The van der Waals surface area contributed by atoms with Gasteiger partial charge in [-0.3, -0.25) is 0 Å². The molecule has 0 radical (unpaired) electrons. The molecule has 0 saturated heterocycles. The van der Waals surface area contributed by atoms with Crippen molar-refractivity contribution in [2.75, 3.05) is 11.9 Å². The molecule has 2 unspecified atom stereocenters. The van der Waals surface area contributed by atoms with Crippen LogP contribution in [0.15, 0.2) is 18.2 Å². The molecule has 2 heteroatoms. The molecule has 0 saturated carbocycles. The zero-order valence-electron chi connectivity index (χ0n) is 8.17. The maximum Gasteiger partial charge on any atom is 0.0379 e. The number of fused-ring (bicyclic) bond motifs is 1. The summed E-state index contributed by atoms with van der Waals surface area (Å²) in [6, 6.07) is 6.62. The van der Waals surface area contributed by atoms with Crippen molar-refractivity contribution in [2.24, 2.45) is 5.73 Å². The van der Waals surface area contributed by atoms with E-state index in [4.69, 9.17) is 5.73 Å². The van der Waals surface area contributed by atoms with Gasteiger partial charge in [-0.15, -0.1) is 0 Å². The van der Waals surface area contributed by atoms with Crippen LogP contribution in [0.5, 0.6) is 0 Å². The van der Waals surface area contributed by atoms with Gasteiger partial charge in [0.15, 0.2) is 0 Å². The number of nitrogens with two attached hydrogens (primary N) is 1. The van der Waals surface area contributed by atoms with E-state index in [1.165, 1.54) is 16.8 Å². The van der Waals surface area contributed by atoms with Crippen molar-refractivity contribution in [1.82, 2.24) is 0 Å². The van der Waals surface area contributed by atoms with Crippen LogP contribution in [-0.4, -0.2) is 6.54 Å². The lowest BCUT2D eigenvalue weighted by molar-refractivity contribution is 0.816. The molecule has 0 amide bonds. The van der Waals surface area contributed by atoms with Crippen LogP contribution in [0, 0.1) is 0 Å². The number of hydrogen-bond donors (Lipinski definition) is 2. The lowest BCUT2D eigenvalue weighted by Gasteiger charge is -2.08. The zero-order valence-corrected chi connectivity index (χ0v) is 8.17. The van der Waals surface area contributed by atoms with Gasteiger partial charge in [0, 0.05) is 24.2 Å². The second kappa shape index (κ2) is 3.04. The Morgan fingerprint density at radius 3 is 3.00 bits per heavy atom. The molecule has 0 fully saturated rings. The van der Waals surface area contributed by atoms with E-state index in [1.54, 1.807) is 0 Å². The molecule has 2 nitrogen and oxygen atoms in total. The standard InChI is InChI=1S/C11H16N2/c1-7-6-13-11-5-9(8(2)12)3-4-10(7)11/h3-5,7-8,13H,6,12H2,1-2H3. The molecule has 70 valence electrons. The van der Waals surface area contributed by atoms with Crippen molar-refractivity contribution in [3.63, 3.8) is 0 Å². The van der Waals surface area contributed by atoms with Crippen molar-refractivity contribution < 1.29 is 0 Å². The van der Waals surface area contributed by atoms with Crippen LogP contribution in [-0.2, 0) is 0 Å². The molecule has 13 heavy (non-hydrogen) atoms. The number of rotatable bonds is 1. The first kappa shape index (κ1) is 8.57. The van der Waals surface area contributed by atoms with Crippen molar-refractivity contribution in [1.29, 1.82) is 0 Å². The SMILES string of the molecule is CC(N)c1ccc2c(c1)NCC2C. The Labute approximate surface area is 79.1 Å². The summed E-state index contributed by atoms with van der Waals surface area (Å²) in [6.07, 6.45) is 0. The Hall–Kier alpha value is -1.02. The third kappa shape index (κ3) is 1.42. The van der Waals surface area contributed by atoms with E-state index in [-0.39, 0.29) is 6.04 Å². The smallest absolute Gasteiger partial charge is 0.0379 e. The summed E-state index contributed by atoms with van der Waals surface area (Å²) < 4.78 is 0. The van der Waals surface area contributed by atoms with Crippen LogP contribution in [0.2, 0.25) is 0 Å². The summed E-state index contributed by atoms with van der Waals surface area (Å²) in [5, 5.41) is 3.39. The van der Waals surface area contributed by atoms with Crippen LogP contribution >= 0.6 is 0 Å². The van der Waals surface area contributed by atoms with Gasteiger partial charge in [0.2, 0.25) is 0 Å². The lowest BCUT2D eigenvalue weighted by atomic mass is 10.00. The molecule has 0 spiro atoms. The zero-order chi connectivity index (χ0) is 9.42. The lowest BCUT2D eigenvalue weighted by Crippen LogP contribution is -2.04. The minimum Gasteiger partial charge on any atom is -0.384 e. The largest absolute Gasteiger partial charge is 0.384 e. The van der Waals surface area contributed by atoms with E-state index >= 15 is 0 Å². The molecule has 1 heterocycles. The Morgan fingerprint density at radius 2 is 2.31 bits per heavy atom. The quantitative estimate of drug-likeness (QED) is 0.688. The Balaban J connectivity index is 2.40. The average Bonchev–Trinajstić information content (AvgIpc) is 2.47. The predicted octanol–water partition coefficient (Wildman–Crippen LogP) is 2.24. The van der Waals surface area contributed by atoms with Gasteiger partial charge in [-0.25, -0.2) is 0 Å². The monoisotopic (exact) mass is 176 g/mol. The van der Waals surface area contributed by atoms with E-state index < -0.39 is 0 Å². The second-order valence-corrected chi connectivity index (χ2v) is 3.92. The molecule has 1 aromatic carbocycles. The number of nitrogens with one attached hydrogen (secondary N) is 1. The molecular formula is C11H16N2. The van der Waals surface area contributed by atoms with Gasteiger partial charge in [0.25, 0.3) is 0 Å². The maximum atomic E-state index is 5.81. The fourth-order valence-electron chi connectivity index (χ4n) is 1.81. The van der Waals surface area contributed by atoms with Gasteiger partial charge >= 0.3 is 0 Å². The third-order valence-corrected chi connectivity index (χ3v) is 2.73. The van der Waals surface area contributed by atoms with Gasteiger partial charge in [-0.1, -0.05) is 19.1 Å². The van der Waals surface area contributed by atoms with E-state index in [2.05, 4.69) is 30.4 Å². The Kier molecular flexibility index (Phi) is 2.00. The van der Waals surface area contributed by atoms with Crippen LogP contribution in [0.3, 0.4) is 0 Å². The van der Waals surface area contributed by atoms with Crippen LogP contribution in [0.25, 0.3) is 0 Å². The Morgan fingerprint density at radius 1 is 1.54 bits per heavy atom. The van der Waals surface area contributed by atoms with Crippen LogP contribution in [0.4, 0.5) is 5.69 Å². The summed E-state index contributed by atoms with van der Waals surface area (Å²) >= 11 is 0. The van der Waals surface area contributed by atoms with Gasteiger partial charge in [-0.05, 0) is 24.1 Å². The molecule has 2 rings (SSSR count).